The van der Waals surface area contributed by atoms with Gasteiger partial charge in [-0.15, -0.1) is 0 Å². The van der Waals surface area contributed by atoms with E-state index in [0.717, 1.165) is 40.7 Å². The van der Waals surface area contributed by atoms with Crippen molar-refractivity contribution >= 4 is 22.2 Å². The number of hydrogen-bond donors (Lipinski definition) is 5. The third-order valence-electron chi connectivity index (χ3n) is 10.5. The Hall–Kier alpha value is -4.12. The molecule has 4 heterocycles. The maximum absolute atomic E-state index is 13.5. The van der Waals surface area contributed by atoms with Crippen molar-refractivity contribution in [3.8, 4) is 11.5 Å². The average molecular weight is 642 g/mol. The smallest absolute Gasteiger partial charge is 0.268 e. The van der Waals surface area contributed by atoms with Crippen LogP contribution in [0.4, 0.5) is 0 Å². The number of nitrogens with zero attached hydrogens (tertiary/aromatic N) is 1. The fraction of sp³-hybridized carbons (Fsp3) is 0.361. The van der Waals surface area contributed by atoms with E-state index in [1.54, 1.807) is 12.1 Å². The zero-order valence-electron chi connectivity index (χ0n) is 25.5. The third kappa shape index (κ3) is 5.59. The fourth-order valence-corrected chi connectivity index (χ4v) is 9.30. The van der Waals surface area contributed by atoms with Gasteiger partial charge in [0.25, 0.3) is 10.1 Å². The maximum atomic E-state index is 13.5. The molecule has 240 valence electrons. The summed E-state index contributed by atoms with van der Waals surface area (Å²) in [5, 5.41) is 20.3. The van der Waals surface area contributed by atoms with Crippen molar-refractivity contribution in [2.24, 2.45) is 34.2 Å². The maximum Gasteiger partial charge on any atom is 0.268 e. The van der Waals surface area contributed by atoms with E-state index in [9.17, 15) is 23.2 Å². The highest BCUT2D eigenvalue weighted by Gasteiger charge is 2.46. The van der Waals surface area contributed by atoms with Gasteiger partial charge in [-0.25, -0.2) is 4.99 Å². The lowest BCUT2D eigenvalue weighted by molar-refractivity contribution is 0.195. The van der Waals surface area contributed by atoms with Crippen LogP contribution in [0.15, 0.2) is 83.4 Å². The van der Waals surface area contributed by atoms with Crippen molar-refractivity contribution in [2.45, 2.75) is 62.0 Å². The molecular weight excluding hydrogens is 602 g/mol. The van der Waals surface area contributed by atoms with Crippen molar-refractivity contribution in [2.75, 3.05) is 0 Å². The number of aliphatic hydroxyl groups is 1. The van der Waals surface area contributed by atoms with E-state index in [4.69, 9.17) is 16.2 Å². The van der Waals surface area contributed by atoms with E-state index in [2.05, 4.69) is 18.0 Å². The zero-order chi connectivity index (χ0) is 32.3. The number of ether oxygens (including phenoxy) is 1. The Morgan fingerprint density at radius 3 is 2.54 bits per heavy atom. The summed E-state index contributed by atoms with van der Waals surface area (Å²) in [4.78, 5) is 4.41. The molecule has 0 radical (unpaired) electrons. The standard InChI is InChI=1S/C36H39N3O6S/c1-19-2-3-22-16-27-11-13-28(22)30(19)18-32(46(42,43)44)31-17-25(34(41)20-6-9-26(40)10-7-20)15-23-5-4-21-14-24(8-12-29(21)33(23)31)35(45-27)39-36(37)38/h4-14,16-17,19,23,30-35,40-41H,2-3,15,18H2,1H3,(H4,37,38,39)(H,42,43,44). The number of rotatable bonds is 4. The third-order valence-corrected chi connectivity index (χ3v) is 11.7. The quantitative estimate of drug-likeness (QED) is 0.108. The zero-order valence-corrected chi connectivity index (χ0v) is 26.3. The second-order valence-electron chi connectivity index (χ2n) is 13.3. The number of allylic oxidation sites excluding steroid dienone is 2. The lowest BCUT2D eigenvalue weighted by Gasteiger charge is -2.44. The molecule has 0 saturated carbocycles. The normalized spacial score (nSPS) is 28.8. The number of aliphatic imine (C=N–C) groups is 1. The number of phenols is 1. The van der Waals surface area contributed by atoms with Crippen molar-refractivity contribution in [1.82, 2.24) is 0 Å². The van der Waals surface area contributed by atoms with Gasteiger partial charge in [-0.05, 0) is 113 Å². The topological polar surface area (TPSA) is 168 Å². The molecule has 9 nitrogen and oxygen atoms in total. The highest BCUT2D eigenvalue weighted by atomic mass is 32.2. The minimum atomic E-state index is -4.54. The Labute approximate surface area is 269 Å². The first-order valence-corrected chi connectivity index (χ1v) is 17.3. The summed E-state index contributed by atoms with van der Waals surface area (Å²) in [6, 6.07) is 18.1. The van der Waals surface area contributed by atoms with Gasteiger partial charge in [0.2, 0.25) is 6.23 Å². The monoisotopic (exact) mass is 641 g/mol. The molecule has 8 bridgehead atoms. The van der Waals surface area contributed by atoms with E-state index in [-0.39, 0.29) is 41.8 Å². The Morgan fingerprint density at radius 1 is 1.04 bits per heavy atom. The molecule has 0 fully saturated rings. The molecule has 3 aromatic carbocycles. The predicted octanol–water partition coefficient (Wildman–Crippen LogP) is 5.48. The van der Waals surface area contributed by atoms with E-state index in [0.29, 0.717) is 23.3 Å². The van der Waals surface area contributed by atoms with E-state index < -0.39 is 33.6 Å². The molecular formula is C36H39N3O6S. The minimum absolute atomic E-state index is 0.0922. The molecule has 0 amide bonds. The summed E-state index contributed by atoms with van der Waals surface area (Å²) in [5.41, 5.74) is 17.7. The number of aliphatic hydroxyl groups excluding tert-OH is 1. The number of aromatic hydroxyl groups is 1. The number of guanidine groups is 1. The predicted molar refractivity (Wildman–Crippen MR) is 177 cm³/mol. The fourth-order valence-electron chi connectivity index (χ4n) is 8.21. The molecule has 4 aliphatic heterocycles. The summed E-state index contributed by atoms with van der Waals surface area (Å²) < 4.78 is 44.4. The molecule has 0 saturated heterocycles. The lowest BCUT2D eigenvalue weighted by atomic mass is 9.63. The van der Waals surface area contributed by atoms with Gasteiger partial charge in [0.15, 0.2) is 5.96 Å². The van der Waals surface area contributed by atoms with Gasteiger partial charge in [0, 0.05) is 11.5 Å². The Balaban J connectivity index is 1.44. The molecule has 0 spiro atoms. The summed E-state index contributed by atoms with van der Waals surface area (Å²) in [6.45, 7) is 2.14. The highest BCUT2D eigenvalue weighted by molar-refractivity contribution is 7.86. The van der Waals surface area contributed by atoms with E-state index in [1.807, 2.05) is 48.6 Å². The lowest BCUT2D eigenvalue weighted by Crippen LogP contribution is -2.40. The summed E-state index contributed by atoms with van der Waals surface area (Å²) in [5.74, 6) is -0.367. The van der Waals surface area contributed by atoms with Crippen LogP contribution in [-0.2, 0) is 16.5 Å². The number of nitrogens with two attached hydrogens (primary N) is 2. The van der Waals surface area contributed by atoms with Crippen LogP contribution in [0.2, 0.25) is 0 Å². The highest BCUT2D eigenvalue weighted by Crippen LogP contribution is 2.53. The molecule has 3 aliphatic carbocycles. The largest absolute Gasteiger partial charge is 0.508 e. The van der Waals surface area contributed by atoms with E-state index >= 15 is 0 Å². The molecule has 3 aromatic rings. The summed E-state index contributed by atoms with van der Waals surface area (Å²) in [7, 11) is -4.54. The van der Waals surface area contributed by atoms with Gasteiger partial charge in [0.1, 0.15) is 17.6 Å². The van der Waals surface area contributed by atoms with Crippen molar-refractivity contribution in [3.05, 3.63) is 112 Å². The van der Waals surface area contributed by atoms with E-state index in [1.165, 1.54) is 12.1 Å². The van der Waals surface area contributed by atoms with Gasteiger partial charge in [-0.1, -0.05) is 55.5 Å². The number of aryl methyl sites for hydroxylation is 1. The number of phenolic OH excluding ortho intramolecular Hbond substituents is 1. The second-order valence-corrected chi connectivity index (χ2v) is 14.9. The van der Waals surface area contributed by atoms with Crippen molar-refractivity contribution in [3.63, 3.8) is 0 Å². The Kier molecular flexibility index (Phi) is 7.70. The molecule has 7 N–H and O–H groups in total. The first kappa shape index (κ1) is 30.5. The SMILES string of the molecule is CC1CCc2cc3ccc2C1CC(S(=O)(=O)O)C1C=C(C(O)c2ccc(O)cc2)CC2C=Cc4cc(ccc4C21)C(N=C(N)N)O3. The molecule has 46 heavy (non-hydrogen) atoms. The van der Waals surface area contributed by atoms with Gasteiger partial charge in [0.05, 0.1) is 5.25 Å². The van der Waals surface area contributed by atoms with Crippen LogP contribution >= 0.6 is 0 Å². The second kappa shape index (κ2) is 11.6. The number of benzene rings is 3. The Morgan fingerprint density at radius 2 is 1.80 bits per heavy atom. The first-order chi connectivity index (χ1) is 22.0. The van der Waals surface area contributed by atoms with Crippen LogP contribution in [0, 0.1) is 17.8 Å². The molecule has 7 aliphatic rings. The van der Waals surface area contributed by atoms with Crippen LogP contribution in [-0.4, -0.2) is 34.4 Å². The van der Waals surface area contributed by atoms with Crippen LogP contribution < -0.4 is 16.2 Å². The summed E-state index contributed by atoms with van der Waals surface area (Å²) in [6.07, 6.45) is 6.61. The molecule has 10 rings (SSSR count). The Bertz CT molecular complexity index is 1860. The van der Waals surface area contributed by atoms with Gasteiger partial charge in [-0.3, -0.25) is 4.55 Å². The van der Waals surface area contributed by atoms with Gasteiger partial charge >= 0.3 is 0 Å². The van der Waals surface area contributed by atoms with Gasteiger partial charge in [-0.2, -0.15) is 8.42 Å². The van der Waals surface area contributed by atoms with Gasteiger partial charge < -0.3 is 26.4 Å². The first-order valence-electron chi connectivity index (χ1n) is 15.8. The average Bonchev–Trinajstić information content (AvgIpc) is 3.02. The molecule has 8 atom stereocenters. The minimum Gasteiger partial charge on any atom is -0.508 e. The molecule has 0 aromatic heterocycles. The summed E-state index contributed by atoms with van der Waals surface area (Å²) >= 11 is 0. The van der Waals surface area contributed by atoms with Crippen LogP contribution in [0.25, 0.3) is 6.08 Å². The molecule has 8 unspecified atom stereocenters. The molecule has 10 heteroatoms. The van der Waals surface area contributed by atoms with Crippen molar-refractivity contribution < 1.29 is 27.9 Å². The van der Waals surface area contributed by atoms with Crippen LogP contribution in [0.5, 0.6) is 11.5 Å². The van der Waals surface area contributed by atoms with Crippen LogP contribution in [0.1, 0.15) is 83.7 Å². The van der Waals surface area contributed by atoms with Crippen LogP contribution in [0.3, 0.4) is 0 Å². The van der Waals surface area contributed by atoms with Crippen molar-refractivity contribution in [1.29, 1.82) is 0 Å². The number of hydrogen-bond acceptors (Lipinski definition) is 6.